The van der Waals surface area contributed by atoms with E-state index in [2.05, 4.69) is 229 Å². The summed E-state index contributed by atoms with van der Waals surface area (Å²) in [6.07, 6.45) is 0. The van der Waals surface area contributed by atoms with Crippen LogP contribution < -0.4 is 4.90 Å². The highest BCUT2D eigenvalue weighted by atomic mass is 15.2. The van der Waals surface area contributed by atoms with E-state index < -0.39 is 5.41 Å². The van der Waals surface area contributed by atoms with Gasteiger partial charge in [0.15, 0.2) is 0 Å². The molecular weight excluding hydrogens is 675 g/mol. The SMILES string of the molecule is c1ccc(-c2ccccc2N(c2ccccc2-c2ccccc2)c2cccc3c2-c2ccccc2C32c3ccccc3-c3ccccc3-c3ccccc32)cc1. The minimum Gasteiger partial charge on any atom is -0.309 e. The molecule has 0 heterocycles. The molecule has 0 saturated heterocycles. The molecule has 0 saturated carbocycles. The van der Waals surface area contributed by atoms with Crippen molar-refractivity contribution in [3.8, 4) is 55.6 Å². The molecule has 9 aromatic carbocycles. The number of hydrogen-bond donors (Lipinski definition) is 0. The first kappa shape index (κ1) is 32.2. The highest BCUT2D eigenvalue weighted by Gasteiger charge is 2.50. The van der Waals surface area contributed by atoms with Crippen LogP contribution in [0.2, 0.25) is 0 Å². The first-order valence-electron chi connectivity index (χ1n) is 19.5. The summed E-state index contributed by atoms with van der Waals surface area (Å²) in [5, 5.41) is 0. The molecule has 2 aliphatic carbocycles. The maximum Gasteiger partial charge on any atom is 0.0726 e. The lowest BCUT2D eigenvalue weighted by Crippen LogP contribution is -2.29. The third-order valence-electron chi connectivity index (χ3n) is 11.9. The average molecular weight is 712 g/mol. The fourth-order valence-corrected chi connectivity index (χ4v) is 9.71. The molecule has 9 aromatic rings. The molecular formula is C55H37N. The number of para-hydroxylation sites is 2. The van der Waals surface area contributed by atoms with Gasteiger partial charge in [-0.25, -0.2) is 0 Å². The van der Waals surface area contributed by atoms with Crippen molar-refractivity contribution in [3.05, 3.63) is 247 Å². The van der Waals surface area contributed by atoms with Crippen molar-refractivity contribution >= 4 is 17.1 Å². The molecule has 1 heteroatoms. The molecule has 0 amide bonds. The van der Waals surface area contributed by atoms with Gasteiger partial charge in [0, 0.05) is 16.7 Å². The van der Waals surface area contributed by atoms with E-state index >= 15 is 0 Å². The van der Waals surface area contributed by atoms with Crippen LogP contribution in [0.1, 0.15) is 22.3 Å². The molecule has 0 aromatic heterocycles. The Labute approximate surface area is 328 Å². The third kappa shape index (κ3) is 4.68. The Morgan fingerprint density at radius 2 is 0.571 bits per heavy atom. The van der Waals surface area contributed by atoms with Gasteiger partial charge in [-0.3, -0.25) is 0 Å². The zero-order valence-corrected chi connectivity index (χ0v) is 30.8. The van der Waals surface area contributed by atoms with Gasteiger partial charge >= 0.3 is 0 Å². The van der Waals surface area contributed by atoms with Crippen molar-refractivity contribution in [2.24, 2.45) is 0 Å². The van der Waals surface area contributed by atoms with Crippen LogP contribution in [0.15, 0.2) is 224 Å². The second kappa shape index (κ2) is 13.0. The first-order chi connectivity index (χ1) is 27.8. The Balaban J connectivity index is 1.28. The molecule has 1 spiro atoms. The summed E-state index contributed by atoms with van der Waals surface area (Å²) in [5.74, 6) is 0. The lowest BCUT2D eigenvalue weighted by molar-refractivity contribution is 0.775. The van der Waals surface area contributed by atoms with Crippen LogP contribution in [-0.4, -0.2) is 0 Å². The molecule has 0 atom stereocenters. The van der Waals surface area contributed by atoms with Crippen molar-refractivity contribution in [2.75, 3.05) is 4.90 Å². The number of nitrogens with zero attached hydrogens (tertiary/aromatic N) is 1. The van der Waals surface area contributed by atoms with E-state index in [0.717, 1.165) is 17.1 Å². The van der Waals surface area contributed by atoms with Crippen LogP contribution >= 0.6 is 0 Å². The van der Waals surface area contributed by atoms with Gasteiger partial charge < -0.3 is 4.90 Å². The number of rotatable bonds is 5. The zero-order valence-electron chi connectivity index (χ0n) is 30.8. The highest BCUT2D eigenvalue weighted by molar-refractivity contribution is 6.04. The number of fused-ring (bicyclic) bond motifs is 12. The number of benzene rings is 9. The standard InChI is InChI=1S/C55H37N/c1-3-20-38(21-4-1)40-24-12-17-35-51(40)56(52-36-18-13-25-41(52)39-22-5-2-6-23-39)53-37-19-34-50-54(53)46-30-11-16-33-49(46)55(50)47-31-14-9-28-44(47)42-26-7-8-27-43(42)45-29-10-15-32-48(45)55/h1-37H. The van der Waals surface area contributed by atoms with Gasteiger partial charge in [0.1, 0.15) is 0 Å². The van der Waals surface area contributed by atoms with Gasteiger partial charge in [0.25, 0.3) is 0 Å². The second-order valence-electron chi connectivity index (χ2n) is 14.7. The maximum atomic E-state index is 2.53. The fourth-order valence-electron chi connectivity index (χ4n) is 9.71. The Kier molecular flexibility index (Phi) is 7.47. The van der Waals surface area contributed by atoms with Crippen LogP contribution in [0, 0.1) is 0 Å². The van der Waals surface area contributed by atoms with Gasteiger partial charge in [-0.2, -0.15) is 0 Å². The molecule has 0 N–H and O–H groups in total. The molecule has 0 unspecified atom stereocenters. The molecule has 0 bridgehead atoms. The molecule has 0 aliphatic heterocycles. The van der Waals surface area contributed by atoms with Crippen LogP contribution in [0.5, 0.6) is 0 Å². The monoisotopic (exact) mass is 711 g/mol. The van der Waals surface area contributed by atoms with Crippen LogP contribution in [0.4, 0.5) is 17.1 Å². The molecule has 56 heavy (non-hydrogen) atoms. The zero-order chi connectivity index (χ0) is 37.1. The van der Waals surface area contributed by atoms with Crippen molar-refractivity contribution in [2.45, 2.75) is 5.41 Å². The van der Waals surface area contributed by atoms with Crippen molar-refractivity contribution in [1.82, 2.24) is 0 Å². The molecule has 11 rings (SSSR count). The largest absolute Gasteiger partial charge is 0.309 e. The van der Waals surface area contributed by atoms with Crippen molar-refractivity contribution < 1.29 is 0 Å². The van der Waals surface area contributed by atoms with Gasteiger partial charge in [-0.1, -0.05) is 206 Å². The predicted molar refractivity (Wildman–Crippen MR) is 234 cm³/mol. The Morgan fingerprint density at radius 1 is 0.232 bits per heavy atom. The molecule has 0 fully saturated rings. The topological polar surface area (TPSA) is 3.24 Å². The summed E-state index contributed by atoms with van der Waals surface area (Å²) in [6, 6.07) is 82.7. The summed E-state index contributed by atoms with van der Waals surface area (Å²) in [4.78, 5) is 2.53. The van der Waals surface area contributed by atoms with E-state index in [4.69, 9.17) is 0 Å². The number of hydrogen-bond acceptors (Lipinski definition) is 1. The summed E-state index contributed by atoms with van der Waals surface area (Å²) < 4.78 is 0. The van der Waals surface area contributed by atoms with E-state index in [9.17, 15) is 0 Å². The number of anilines is 3. The van der Waals surface area contributed by atoms with Crippen LogP contribution in [0.3, 0.4) is 0 Å². The first-order valence-corrected chi connectivity index (χ1v) is 19.5. The normalized spacial score (nSPS) is 12.8. The fraction of sp³-hybridized carbons (Fsp3) is 0.0182. The summed E-state index contributed by atoms with van der Waals surface area (Å²) in [7, 11) is 0. The predicted octanol–water partition coefficient (Wildman–Crippen LogP) is 14.5. The highest BCUT2D eigenvalue weighted by Crippen LogP contribution is 2.64. The molecule has 1 nitrogen and oxygen atoms in total. The van der Waals surface area contributed by atoms with E-state index in [1.807, 2.05) is 0 Å². The van der Waals surface area contributed by atoms with E-state index in [-0.39, 0.29) is 0 Å². The minimum atomic E-state index is -0.572. The maximum absolute atomic E-state index is 2.53. The summed E-state index contributed by atoms with van der Waals surface area (Å²) >= 11 is 0. The third-order valence-corrected chi connectivity index (χ3v) is 11.9. The minimum absolute atomic E-state index is 0.572. The Morgan fingerprint density at radius 3 is 1.07 bits per heavy atom. The summed E-state index contributed by atoms with van der Waals surface area (Å²) in [5.41, 5.74) is 20.4. The molecule has 262 valence electrons. The van der Waals surface area contributed by atoms with Gasteiger partial charge in [-0.15, -0.1) is 0 Å². The Bertz CT molecular complexity index is 2770. The van der Waals surface area contributed by atoms with E-state index in [1.165, 1.54) is 77.9 Å². The Hall–Kier alpha value is -7.22. The van der Waals surface area contributed by atoms with Crippen LogP contribution in [0.25, 0.3) is 55.6 Å². The quantitative estimate of drug-likeness (QED) is 0.172. The summed E-state index contributed by atoms with van der Waals surface area (Å²) in [6.45, 7) is 0. The smallest absolute Gasteiger partial charge is 0.0726 e. The second-order valence-corrected chi connectivity index (χ2v) is 14.7. The van der Waals surface area contributed by atoms with Crippen molar-refractivity contribution in [1.29, 1.82) is 0 Å². The van der Waals surface area contributed by atoms with Gasteiger partial charge in [-0.05, 0) is 79.4 Å². The van der Waals surface area contributed by atoms with Gasteiger partial charge in [0.05, 0.1) is 22.5 Å². The lowest BCUT2D eigenvalue weighted by atomic mass is 9.66. The van der Waals surface area contributed by atoms with Gasteiger partial charge in [0.2, 0.25) is 0 Å². The molecule has 0 radical (unpaired) electrons. The molecule has 2 aliphatic rings. The lowest BCUT2D eigenvalue weighted by Gasteiger charge is -2.36. The van der Waals surface area contributed by atoms with E-state index in [1.54, 1.807) is 0 Å². The van der Waals surface area contributed by atoms with Crippen LogP contribution in [-0.2, 0) is 5.41 Å². The van der Waals surface area contributed by atoms with E-state index in [0.29, 0.717) is 0 Å². The average Bonchev–Trinajstić information content (AvgIpc) is 3.53. The van der Waals surface area contributed by atoms with Crippen molar-refractivity contribution in [3.63, 3.8) is 0 Å².